The molecule has 0 spiro atoms. The first-order chi connectivity index (χ1) is 14.6. The summed E-state index contributed by atoms with van der Waals surface area (Å²) in [5, 5.41) is 8.95. The van der Waals surface area contributed by atoms with Crippen molar-refractivity contribution >= 4 is 61.9 Å². The Morgan fingerprint density at radius 3 is 2.77 bits per heavy atom. The van der Waals surface area contributed by atoms with Gasteiger partial charge in [-0.05, 0) is 70.6 Å². The van der Waals surface area contributed by atoms with E-state index in [1.54, 1.807) is 17.5 Å². The lowest BCUT2D eigenvalue weighted by molar-refractivity contribution is -0.119. The number of halogens is 1. The number of hydrogen-bond donors (Lipinski definition) is 2. The Morgan fingerprint density at radius 2 is 2.13 bits per heavy atom. The molecule has 3 heterocycles. The molecule has 0 saturated carbocycles. The number of ether oxygens (including phenoxy) is 1. The summed E-state index contributed by atoms with van der Waals surface area (Å²) in [6, 6.07) is 15.5. The zero-order valence-corrected chi connectivity index (χ0v) is 19.3. The van der Waals surface area contributed by atoms with Crippen molar-refractivity contribution in [1.29, 1.82) is 0 Å². The van der Waals surface area contributed by atoms with Gasteiger partial charge in [-0.2, -0.15) is 0 Å². The van der Waals surface area contributed by atoms with Crippen LogP contribution in [0.4, 0.5) is 11.4 Å². The van der Waals surface area contributed by atoms with Crippen LogP contribution in [-0.2, 0) is 9.53 Å². The zero-order valence-electron chi connectivity index (χ0n) is 16.0. The molecule has 0 aliphatic carbocycles. The summed E-state index contributed by atoms with van der Waals surface area (Å²) in [7, 11) is 1.49. The molecule has 2 N–H and O–H groups in total. The van der Waals surface area contributed by atoms with Crippen molar-refractivity contribution in [2.45, 2.75) is 12.1 Å². The van der Waals surface area contributed by atoms with Crippen molar-refractivity contribution in [1.82, 2.24) is 10.3 Å². The van der Waals surface area contributed by atoms with Gasteiger partial charge in [-0.15, -0.1) is 11.3 Å². The number of carbonyl (C=O) groups excluding carboxylic acids is 1. The van der Waals surface area contributed by atoms with E-state index in [1.165, 1.54) is 12.0 Å². The van der Waals surface area contributed by atoms with E-state index in [4.69, 9.17) is 17.0 Å². The topological polar surface area (TPSA) is 66.5 Å². The lowest BCUT2D eigenvalue weighted by Gasteiger charge is -2.27. The Morgan fingerprint density at radius 1 is 1.33 bits per heavy atom. The van der Waals surface area contributed by atoms with Gasteiger partial charge in [-0.3, -0.25) is 9.78 Å². The first-order valence-electron chi connectivity index (χ1n) is 9.20. The van der Waals surface area contributed by atoms with Gasteiger partial charge in [0.2, 0.25) is 5.91 Å². The van der Waals surface area contributed by atoms with E-state index in [9.17, 15) is 4.79 Å². The molecule has 30 heavy (non-hydrogen) atoms. The van der Waals surface area contributed by atoms with Gasteiger partial charge in [0, 0.05) is 39.4 Å². The van der Waals surface area contributed by atoms with E-state index in [1.807, 2.05) is 42.5 Å². The normalized spacial score (nSPS) is 18.3. The van der Waals surface area contributed by atoms with Crippen LogP contribution < -0.4 is 15.5 Å². The third-order valence-corrected chi connectivity index (χ3v) is 6.76. The molecule has 1 aliphatic heterocycles. The predicted octanol–water partition coefficient (Wildman–Crippen LogP) is 4.67. The van der Waals surface area contributed by atoms with E-state index in [2.05, 4.69) is 47.9 Å². The van der Waals surface area contributed by atoms with Crippen LogP contribution in [-0.4, -0.2) is 29.7 Å². The Bertz CT molecular complexity index is 1040. The standard InChI is InChI=1S/C21H19BrN4O2S2/c1-28-11-18(27)24-14-5-7-15(8-6-14)26-20(17-10-13(22)12-30-17)19(25-21(26)29)16-4-2-3-9-23-16/h2-10,12,19-20H,11H2,1H3,(H,24,27)(H,25,29)/t19-,20+/m0/s1. The number of carbonyl (C=O) groups is 1. The molecule has 154 valence electrons. The van der Waals surface area contributed by atoms with Gasteiger partial charge in [-0.1, -0.05) is 6.07 Å². The lowest BCUT2D eigenvalue weighted by atomic mass is 10.0. The number of rotatable bonds is 6. The fourth-order valence-electron chi connectivity index (χ4n) is 3.44. The SMILES string of the molecule is COCC(=O)Nc1ccc(N2C(=S)N[C@@H](c3ccccn3)[C@H]2c2cc(Br)cs2)cc1. The largest absolute Gasteiger partial charge is 0.375 e. The van der Waals surface area contributed by atoms with Crippen LogP contribution in [0.2, 0.25) is 0 Å². The number of nitrogens with one attached hydrogen (secondary N) is 2. The molecule has 1 amide bonds. The van der Waals surface area contributed by atoms with Gasteiger partial charge in [0.25, 0.3) is 0 Å². The minimum absolute atomic E-state index is 0.0168. The van der Waals surface area contributed by atoms with Crippen LogP contribution in [0, 0.1) is 0 Å². The molecule has 0 radical (unpaired) electrons. The highest BCUT2D eigenvalue weighted by molar-refractivity contribution is 9.10. The molecular formula is C21H19BrN4O2S2. The van der Waals surface area contributed by atoms with Crippen molar-refractivity contribution in [2.24, 2.45) is 0 Å². The molecule has 2 aromatic heterocycles. The average Bonchev–Trinajstić information content (AvgIpc) is 3.32. The summed E-state index contributed by atoms with van der Waals surface area (Å²) >= 11 is 11.0. The van der Waals surface area contributed by atoms with Gasteiger partial charge in [0.1, 0.15) is 6.61 Å². The number of benzene rings is 1. The molecule has 0 bridgehead atoms. The second-order valence-electron chi connectivity index (χ2n) is 6.69. The van der Waals surface area contributed by atoms with Gasteiger partial charge in [-0.25, -0.2) is 0 Å². The van der Waals surface area contributed by atoms with Crippen molar-refractivity contribution in [3.8, 4) is 0 Å². The number of amides is 1. The van der Waals surface area contributed by atoms with Crippen LogP contribution in [0.25, 0.3) is 0 Å². The number of aromatic nitrogens is 1. The van der Waals surface area contributed by atoms with Crippen LogP contribution >= 0.6 is 39.5 Å². The third kappa shape index (κ3) is 4.39. The molecule has 4 rings (SSSR count). The highest BCUT2D eigenvalue weighted by Crippen LogP contribution is 2.44. The first-order valence-corrected chi connectivity index (χ1v) is 11.3. The van der Waals surface area contributed by atoms with Crippen molar-refractivity contribution in [3.63, 3.8) is 0 Å². The minimum atomic E-state index is -0.194. The second-order valence-corrected chi connectivity index (χ2v) is 8.94. The number of pyridine rings is 1. The van der Waals surface area contributed by atoms with Gasteiger partial charge >= 0.3 is 0 Å². The summed E-state index contributed by atoms with van der Waals surface area (Å²) in [6.07, 6.45) is 1.79. The Hall–Kier alpha value is -2.33. The monoisotopic (exact) mass is 502 g/mol. The molecule has 3 aromatic rings. The summed E-state index contributed by atoms with van der Waals surface area (Å²) in [4.78, 5) is 19.6. The number of thiophene rings is 1. The van der Waals surface area contributed by atoms with E-state index < -0.39 is 0 Å². The maximum Gasteiger partial charge on any atom is 0.250 e. The van der Waals surface area contributed by atoms with Crippen molar-refractivity contribution in [3.05, 3.63) is 75.2 Å². The molecule has 1 aliphatic rings. The number of thiocarbonyl (C=S) groups is 1. The highest BCUT2D eigenvalue weighted by atomic mass is 79.9. The van der Waals surface area contributed by atoms with E-state index in [0.29, 0.717) is 10.8 Å². The number of anilines is 2. The van der Waals surface area contributed by atoms with Crippen LogP contribution in [0.1, 0.15) is 22.7 Å². The summed E-state index contributed by atoms with van der Waals surface area (Å²) in [6.45, 7) is 0.0168. The van der Waals surface area contributed by atoms with Crippen LogP contribution in [0.3, 0.4) is 0 Å². The number of hydrogen-bond acceptors (Lipinski definition) is 5. The quantitative estimate of drug-likeness (QED) is 0.477. The smallest absolute Gasteiger partial charge is 0.250 e. The summed E-state index contributed by atoms with van der Waals surface area (Å²) in [5.74, 6) is -0.194. The molecule has 1 fully saturated rings. The summed E-state index contributed by atoms with van der Waals surface area (Å²) in [5.41, 5.74) is 2.57. The zero-order chi connectivity index (χ0) is 21.1. The fourth-order valence-corrected chi connectivity index (χ4v) is 5.36. The van der Waals surface area contributed by atoms with Gasteiger partial charge in [0.15, 0.2) is 5.11 Å². The second kappa shape index (κ2) is 9.22. The van der Waals surface area contributed by atoms with Crippen LogP contribution in [0.5, 0.6) is 0 Å². The Kier molecular flexibility index (Phi) is 6.43. The van der Waals surface area contributed by atoms with Crippen LogP contribution in [0.15, 0.2) is 64.6 Å². The van der Waals surface area contributed by atoms with E-state index >= 15 is 0 Å². The third-order valence-electron chi connectivity index (χ3n) is 4.68. The van der Waals surface area contributed by atoms with Crippen molar-refractivity contribution in [2.75, 3.05) is 23.9 Å². The Labute approximate surface area is 192 Å². The molecule has 1 aromatic carbocycles. The predicted molar refractivity (Wildman–Crippen MR) is 127 cm³/mol. The first kappa shape index (κ1) is 20.9. The minimum Gasteiger partial charge on any atom is -0.375 e. The molecule has 2 atom stereocenters. The number of methoxy groups -OCH3 is 1. The molecule has 9 heteroatoms. The molecule has 1 saturated heterocycles. The van der Waals surface area contributed by atoms with Gasteiger partial charge < -0.3 is 20.3 Å². The number of nitrogens with zero attached hydrogens (tertiary/aromatic N) is 2. The maximum atomic E-state index is 11.8. The van der Waals surface area contributed by atoms with Gasteiger partial charge in [0.05, 0.1) is 17.8 Å². The molecule has 6 nitrogen and oxygen atoms in total. The lowest BCUT2D eigenvalue weighted by Crippen LogP contribution is -2.29. The summed E-state index contributed by atoms with van der Waals surface area (Å²) < 4.78 is 5.90. The molecular weight excluding hydrogens is 484 g/mol. The highest BCUT2D eigenvalue weighted by Gasteiger charge is 2.41. The molecule has 0 unspecified atom stereocenters. The Balaban J connectivity index is 1.67. The maximum absolute atomic E-state index is 11.8. The van der Waals surface area contributed by atoms with E-state index in [-0.39, 0.29) is 24.6 Å². The van der Waals surface area contributed by atoms with E-state index in [0.717, 1.165) is 15.9 Å². The fraction of sp³-hybridized carbons (Fsp3) is 0.190. The average molecular weight is 503 g/mol. The van der Waals surface area contributed by atoms with Crippen molar-refractivity contribution < 1.29 is 9.53 Å².